The Labute approximate surface area is 113 Å². The number of aromatic nitrogens is 1. The van der Waals surface area contributed by atoms with Crippen LogP contribution in [-0.4, -0.2) is 43.5 Å². The standard InChI is InChI=1S/C12H18N4O2S/c13-9-3-5-14-8-12(9)19(17,18)15-10-4-7-16-6-1-2-11(10)16/h3,5,8,10-11,15H,1-2,4,6-7H2,(H2,13,14). The molecule has 2 unspecified atom stereocenters. The van der Waals surface area contributed by atoms with E-state index in [1.807, 2.05) is 0 Å². The van der Waals surface area contributed by atoms with Gasteiger partial charge in [0, 0.05) is 31.0 Å². The number of hydrogen-bond acceptors (Lipinski definition) is 5. The van der Waals surface area contributed by atoms with E-state index in [4.69, 9.17) is 5.73 Å². The lowest BCUT2D eigenvalue weighted by Gasteiger charge is -2.21. The van der Waals surface area contributed by atoms with Crippen LogP contribution in [0.4, 0.5) is 5.69 Å². The third kappa shape index (κ3) is 2.33. The van der Waals surface area contributed by atoms with Crippen LogP contribution in [0, 0.1) is 0 Å². The molecule has 2 atom stereocenters. The van der Waals surface area contributed by atoms with Crippen LogP contribution in [0.25, 0.3) is 0 Å². The topological polar surface area (TPSA) is 88.3 Å². The van der Waals surface area contributed by atoms with Crippen molar-refractivity contribution in [3.05, 3.63) is 18.5 Å². The van der Waals surface area contributed by atoms with E-state index in [-0.39, 0.29) is 16.6 Å². The minimum Gasteiger partial charge on any atom is -0.398 e. The maximum absolute atomic E-state index is 12.3. The fraction of sp³-hybridized carbons (Fsp3) is 0.583. The summed E-state index contributed by atoms with van der Waals surface area (Å²) in [6.07, 6.45) is 5.87. The van der Waals surface area contributed by atoms with Gasteiger partial charge in [0.25, 0.3) is 0 Å². The number of nitrogens with two attached hydrogens (primary N) is 1. The molecule has 19 heavy (non-hydrogen) atoms. The van der Waals surface area contributed by atoms with Crippen molar-refractivity contribution in [2.45, 2.75) is 36.2 Å². The second-order valence-corrected chi connectivity index (χ2v) is 6.86. The highest BCUT2D eigenvalue weighted by Crippen LogP contribution is 2.29. The van der Waals surface area contributed by atoms with Gasteiger partial charge in [0.05, 0.1) is 5.69 Å². The molecule has 1 aromatic heterocycles. The number of anilines is 1. The highest BCUT2D eigenvalue weighted by atomic mass is 32.2. The molecule has 0 aliphatic carbocycles. The van der Waals surface area contributed by atoms with E-state index in [0.717, 1.165) is 32.4 Å². The van der Waals surface area contributed by atoms with Crippen molar-refractivity contribution in [3.63, 3.8) is 0 Å². The third-order valence-corrected chi connectivity index (χ3v) is 5.55. The molecular weight excluding hydrogens is 264 g/mol. The summed E-state index contributed by atoms with van der Waals surface area (Å²) in [4.78, 5) is 6.28. The molecule has 2 saturated heterocycles. The molecular formula is C12H18N4O2S. The number of fused-ring (bicyclic) bond motifs is 1. The second kappa shape index (κ2) is 4.73. The van der Waals surface area contributed by atoms with E-state index in [0.29, 0.717) is 6.04 Å². The van der Waals surface area contributed by atoms with E-state index in [1.54, 1.807) is 0 Å². The Balaban J connectivity index is 1.81. The molecule has 2 aliphatic rings. The van der Waals surface area contributed by atoms with Gasteiger partial charge in [-0.15, -0.1) is 0 Å². The molecule has 104 valence electrons. The number of rotatable bonds is 3. The Morgan fingerprint density at radius 2 is 2.21 bits per heavy atom. The molecule has 7 heteroatoms. The van der Waals surface area contributed by atoms with Crippen molar-refractivity contribution in [2.75, 3.05) is 18.8 Å². The minimum atomic E-state index is -3.58. The van der Waals surface area contributed by atoms with Crippen molar-refractivity contribution in [1.82, 2.24) is 14.6 Å². The van der Waals surface area contributed by atoms with Gasteiger partial charge in [-0.1, -0.05) is 0 Å². The minimum absolute atomic E-state index is 0.00731. The quantitative estimate of drug-likeness (QED) is 0.825. The first-order valence-corrected chi connectivity index (χ1v) is 8.02. The summed E-state index contributed by atoms with van der Waals surface area (Å²) in [6.45, 7) is 2.05. The average molecular weight is 282 g/mol. The van der Waals surface area contributed by atoms with Gasteiger partial charge in [0.15, 0.2) is 0 Å². The van der Waals surface area contributed by atoms with E-state index in [1.165, 1.54) is 18.5 Å². The van der Waals surface area contributed by atoms with Crippen molar-refractivity contribution in [2.24, 2.45) is 0 Å². The van der Waals surface area contributed by atoms with E-state index in [2.05, 4.69) is 14.6 Å². The molecule has 3 N–H and O–H groups in total. The number of pyridine rings is 1. The average Bonchev–Trinajstić information content (AvgIpc) is 2.94. The fourth-order valence-corrected chi connectivity index (χ4v) is 4.48. The van der Waals surface area contributed by atoms with Crippen LogP contribution in [0.15, 0.2) is 23.4 Å². The lowest BCUT2D eigenvalue weighted by atomic mass is 10.1. The summed E-state index contributed by atoms with van der Waals surface area (Å²) >= 11 is 0. The van der Waals surface area contributed by atoms with Crippen LogP contribution < -0.4 is 10.5 Å². The number of sulfonamides is 1. The number of nitrogens with zero attached hydrogens (tertiary/aromatic N) is 2. The molecule has 3 rings (SSSR count). The zero-order valence-corrected chi connectivity index (χ0v) is 11.4. The summed E-state index contributed by atoms with van der Waals surface area (Å²) in [5, 5.41) is 0. The summed E-state index contributed by atoms with van der Waals surface area (Å²) in [7, 11) is -3.58. The molecule has 0 bridgehead atoms. The zero-order valence-electron chi connectivity index (χ0n) is 10.6. The highest BCUT2D eigenvalue weighted by Gasteiger charge is 2.39. The van der Waals surface area contributed by atoms with Gasteiger partial charge in [0.1, 0.15) is 4.90 Å². The number of nitrogens with one attached hydrogen (secondary N) is 1. The molecule has 0 aromatic carbocycles. The molecule has 3 heterocycles. The monoisotopic (exact) mass is 282 g/mol. The van der Waals surface area contributed by atoms with Gasteiger partial charge in [-0.05, 0) is 31.9 Å². The lowest BCUT2D eigenvalue weighted by Crippen LogP contribution is -2.42. The summed E-state index contributed by atoms with van der Waals surface area (Å²) in [5.74, 6) is 0. The molecule has 0 radical (unpaired) electrons. The molecule has 0 spiro atoms. The van der Waals surface area contributed by atoms with Crippen molar-refractivity contribution in [1.29, 1.82) is 0 Å². The zero-order chi connectivity index (χ0) is 13.5. The first-order chi connectivity index (χ1) is 9.08. The Bertz CT molecular complexity index is 575. The summed E-state index contributed by atoms with van der Waals surface area (Å²) < 4.78 is 27.5. The van der Waals surface area contributed by atoms with Crippen LogP contribution in [0.5, 0.6) is 0 Å². The number of nitrogen functional groups attached to an aromatic ring is 1. The van der Waals surface area contributed by atoms with Crippen molar-refractivity contribution < 1.29 is 8.42 Å². The highest BCUT2D eigenvalue weighted by molar-refractivity contribution is 7.89. The van der Waals surface area contributed by atoms with E-state index < -0.39 is 10.0 Å². The summed E-state index contributed by atoms with van der Waals surface area (Å²) in [5.41, 5.74) is 5.96. The first kappa shape index (κ1) is 12.8. The molecule has 0 saturated carbocycles. The van der Waals surface area contributed by atoms with Crippen molar-refractivity contribution in [3.8, 4) is 0 Å². The molecule has 1 aromatic rings. The molecule has 6 nitrogen and oxygen atoms in total. The van der Waals surface area contributed by atoms with E-state index >= 15 is 0 Å². The smallest absolute Gasteiger partial charge is 0.244 e. The molecule has 2 fully saturated rings. The molecule has 2 aliphatic heterocycles. The van der Waals surface area contributed by atoms with Crippen LogP contribution in [-0.2, 0) is 10.0 Å². The third-order valence-electron chi connectivity index (χ3n) is 4.02. The van der Waals surface area contributed by atoms with Gasteiger partial charge in [-0.3, -0.25) is 9.88 Å². The predicted octanol–water partition coefficient (Wildman–Crippen LogP) is 0.179. The van der Waals surface area contributed by atoms with Crippen LogP contribution >= 0.6 is 0 Å². The maximum atomic E-state index is 12.3. The Morgan fingerprint density at radius 1 is 1.37 bits per heavy atom. The van der Waals surface area contributed by atoms with E-state index in [9.17, 15) is 8.42 Å². The fourth-order valence-electron chi connectivity index (χ4n) is 3.10. The predicted molar refractivity (Wildman–Crippen MR) is 72.0 cm³/mol. The van der Waals surface area contributed by atoms with Gasteiger partial charge in [0.2, 0.25) is 10.0 Å². The largest absolute Gasteiger partial charge is 0.398 e. The lowest BCUT2D eigenvalue weighted by molar-refractivity contribution is 0.309. The van der Waals surface area contributed by atoms with Crippen LogP contribution in [0.2, 0.25) is 0 Å². The first-order valence-electron chi connectivity index (χ1n) is 6.54. The van der Waals surface area contributed by atoms with Crippen molar-refractivity contribution >= 4 is 15.7 Å². The van der Waals surface area contributed by atoms with Crippen LogP contribution in [0.1, 0.15) is 19.3 Å². The maximum Gasteiger partial charge on any atom is 0.244 e. The van der Waals surface area contributed by atoms with Crippen LogP contribution in [0.3, 0.4) is 0 Å². The Kier molecular flexibility index (Phi) is 3.20. The Hall–Kier alpha value is -1.18. The van der Waals surface area contributed by atoms with Gasteiger partial charge in [-0.2, -0.15) is 0 Å². The summed E-state index contributed by atoms with van der Waals surface area (Å²) in [6, 6.07) is 1.84. The number of hydrogen-bond donors (Lipinski definition) is 2. The van der Waals surface area contributed by atoms with Gasteiger partial charge < -0.3 is 5.73 Å². The molecule has 0 amide bonds. The Morgan fingerprint density at radius 3 is 3.00 bits per heavy atom. The second-order valence-electron chi connectivity index (χ2n) is 5.18. The van der Waals surface area contributed by atoms with Gasteiger partial charge >= 0.3 is 0 Å². The van der Waals surface area contributed by atoms with Gasteiger partial charge in [-0.25, -0.2) is 13.1 Å². The SMILES string of the molecule is Nc1ccncc1S(=O)(=O)NC1CCN2CCCC12. The normalized spacial score (nSPS) is 27.6.